The SMILES string of the molecule is O=S(=O)(NC(F)(F)F)C(F)(F)F.[MgH2]. The van der Waals surface area contributed by atoms with Gasteiger partial charge >= 0.3 is 44.9 Å². The number of hydrogen-bond donors (Lipinski definition) is 1. The van der Waals surface area contributed by atoms with Crippen molar-refractivity contribution in [3.05, 3.63) is 0 Å². The average molecular weight is 243 g/mol. The van der Waals surface area contributed by atoms with E-state index in [4.69, 9.17) is 0 Å². The van der Waals surface area contributed by atoms with Crippen molar-refractivity contribution >= 4 is 33.1 Å². The summed E-state index contributed by atoms with van der Waals surface area (Å²) in [4.78, 5) is 0. The Bertz CT molecular complexity index is 253. The molecule has 0 amide bonds. The molecule has 0 saturated heterocycles. The van der Waals surface area contributed by atoms with Gasteiger partial charge < -0.3 is 0 Å². The Labute approximate surface area is 84.7 Å². The van der Waals surface area contributed by atoms with Crippen LogP contribution in [0.5, 0.6) is 0 Å². The molecule has 0 aliphatic carbocycles. The van der Waals surface area contributed by atoms with Crippen LogP contribution in [-0.2, 0) is 10.0 Å². The van der Waals surface area contributed by atoms with Gasteiger partial charge in [0.15, 0.2) is 0 Å². The maximum absolute atomic E-state index is 11.2. The van der Waals surface area contributed by atoms with E-state index in [9.17, 15) is 34.8 Å². The molecule has 0 atom stereocenters. The van der Waals surface area contributed by atoms with Crippen LogP contribution in [0.1, 0.15) is 0 Å². The van der Waals surface area contributed by atoms with Crippen molar-refractivity contribution in [1.29, 1.82) is 0 Å². The van der Waals surface area contributed by atoms with Crippen LogP contribution in [0.15, 0.2) is 0 Å². The molecule has 78 valence electrons. The van der Waals surface area contributed by atoms with Crippen LogP contribution in [0, 0.1) is 0 Å². The molecule has 0 spiro atoms. The van der Waals surface area contributed by atoms with E-state index in [1.54, 1.807) is 0 Å². The van der Waals surface area contributed by atoms with Gasteiger partial charge in [-0.3, -0.25) is 0 Å². The zero-order valence-corrected chi connectivity index (χ0v) is 5.81. The van der Waals surface area contributed by atoms with Crippen LogP contribution in [0.25, 0.3) is 0 Å². The average Bonchev–Trinajstić information content (AvgIpc) is 1.52. The molecular weight excluding hydrogens is 240 g/mol. The van der Waals surface area contributed by atoms with Crippen LogP contribution in [0.2, 0.25) is 0 Å². The highest BCUT2D eigenvalue weighted by molar-refractivity contribution is 7.90. The predicted molar refractivity (Wildman–Crippen MR) is 32.7 cm³/mol. The van der Waals surface area contributed by atoms with Gasteiger partial charge in [0.1, 0.15) is 0 Å². The third kappa shape index (κ3) is 5.54. The van der Waals surface area contributed by atoms with E-state index < -0.39 is 26.6 Å². The Balaban J connectivity index is 0. The van der Waals surface area contributed by atoms with E-state index in [1.807, 2.05) is 0 Å². The number of alkyl halides is 6. The summed E-state index contributed by atoms with van der Waals surface area (Å²) in [6.07, 6.45) is -5.62. The highest BCUT2D eigenvalue weighted by atomic mass is 32.2. The molecule has 0 rings (SSSR count). The quantitative estimate of drug-likeness (QED) is 0.401. The van der Waals surface area contributed by atoms with E-state index in [0.717, 1.165) is 0 Å². The standard InChI is InChI=1S/C2HF6NO2S.Mg.2H/c3-1(4,5)9-12(10,11)2(6,7)8;;;/h9H;;;. The van der Waals surface area contributed by atoms with Gasteiger partial charge in [-0.25, -0.2) is 8.42 Å². The van der Waals surface area contributed by atoms with Gasteiger partial charge in [0.05, 0.1) is 0 Å². The number of halogens is 6. The fraction of sp³-hybridized carbons (Fsp3) is 1.00. The van der Waals surface area contributed by atoms with Crippen molar-refractivity contribution in [2.45, 2.75) is 11.8 Å². The molecule has 3 nitrogen and oxygen atoms in total. The van der Waals surface area contributed by atoms with E-state index in [0.29, 0.717) is 0 Å². The number of hydrogen-bond acceptors (Lipinski definition) is 2. The maximum Gasteiger partial charge on any atom is 0.511 e. The fourth-order valence-corrected chi connectivity index (χ4v) is 0.631. The normalized spacial score (nSPS) is 13.7. The van der Waals surface area contributed by atoms with Crippen molar-refractivity contribution in [3.63, 3.8) is 0 Å². The third-order valence-corrected chi connectivity index (χ3v) is 1.66. The molecule has 0 aliphatic heterocycles. The second-order valence-corrected chi connectivity index (χ2v) is 3.22. The van der Waals surface area contributed by atoms with Crippen molar-refractivity contribution < 1.29 is 34.8 Å². The lowest BCUT2D eigenvalue weighted by Crippen LogP contribution is -2.44. The maximum atomic E-state index is 11.2. The molecule has 0 saturated carbocycles. The Hall–Kier alpha value is 0.256. The molecule has 13 heavy (non-hydrogen) atoms. The first-order valence-electron chi connectivity index (χ1n) is 2.13. The summed E-state index contributed by atoms with van der Waals surface area (Å²) >= 11 is 0. The first-order chi connectivity index (χ1) is 4.96. The molecule has 11 heteroatoms. The zero-order valence-electron chi connectivity index (χ0n) is 4.99. The van der Waals surface area contributed by atoms with Gasteiger partial charge in [0, 0.05) is 0 Å². The summed E-state index contributed by atoms with van der Waals surface area (Å²) in [6.45, 7) is 0. The van der Waals surface area contributed by atoms with E-state index in [2.05, 4.69) is 0 Å². The fourth-order valence-electron chi connectivity index (χ4n) is 0.210. The summed E-state index contributed by atoms with van der Waals surface area (Å²) in [5.74, 6) is 0. The monoisotopic (exact) mass is 243 g/mol. The lowest BCUT2D eigenvalue weighted by atomic mass is 11.3. The topological polar surface area (TPSA) is 46.2 Å². The Kier molecular flexibility index (Phi) is 5.06. The van der Waals surface area contributed by atoms with Gasteiger partial charge in [-0.05, 0) is 0 Å². The molecule has 0 unspecified atom stereocenters. The van der Waals surface area contributed by atoms with E-state index in [-0.39, 0.29) is 23.1 Å². The van der Waals surface area contributed by atoms with Crippen molar-refractivity contribution in [2.24, 2.45) is 0 Å². The lowest BCUT2D eigenvalue weighted by molar-refractivity contribution is -0.143. The first-order valence-corrected chi connectivity index (χ1v) is 3.61. The summed E-state index contributed by atoms with van der Waals surface area (Å²) < 4.78 is 85.8. The van der Waals surface area contributed by atoms with Gasteiger partial charge in [-0.1, -0.05) is 0 Å². The zero-order chi connectivity index (χ0) is 10.2. The molecule has 0 aromatic heterocycles. The van der Waals surface area contributed by atoms with Gasteiger partial charge in [0.25, 0.3) is 0 Å². The van der Waals surface area contributed by atoms with Crippen molar-refractivity contribution in [1.82, 2.24) is 4.72 Å². The third-order valence-electron chi connectivity index (χ3n) is 0.555. The van der Waals surface area contributed by atoms with E-state index >= 15 is 0 Å². The second kappa shape index (κ2) is 4.19. The molecule has 0 radical (unpaired) electrons. The Morgan fingerprint density at radius 1 is 0.923 bits per heavy atom. The Morgan fingerprint density at radius 2 is 1.23 bits per heavy atom. The summed E-state index contributed by atoms with van der Waals surface area (Å²) in [7, 11) is -6.33. The van der Waals surface area contributed by atoms with Crippen LogP contribution < -0.4 is 4.72 Å². The smallest absolute Gasteiger partial charge is 0.203 e. The molecule has 0 fully saturated rings. The van der Waals surface area contributed by atoms with Gasteiger partial charge in [-0.2, -0.15) is 26.3 Å². The molecule has 0 bridgehead atoms. The highest BCUT2D eigenvalue weighted by Gasteiger charge is 2.51. The molecule has 0 heterocycles. The predicted octanol–water partition coefficient (Wildman–Crippen LogP) is 0.0292. The van der Waals surface area contributed by atoms with Crippen LogP contribution in [-0.4, -0.2) is 43.3 Å². The van der Waals surface area contributed by atoms with Crippen LogP contribution in [0.4, 0.5) is 26.3 Å². The van der Waals surface area contributed by atoms with Crippen LogP contribution >= 0.6 is 0 Å². The highest BCUT2D eigenvalue weighted by Crippen LogP contribution is 2.25. The molecule has 0 aromatic carbocycles. The minimum Gasteiger partial charge on any atom is -0.203 e. The largest absolute Gasteiger partial charge is 0.511 e. The van der Waals surface area contributed by atoms with Crippen LogP contribution in [0.3, 0.4) is 0 Å². The van der Waals surface area contributed by atoms with Crippen molar-refractivity contribution in [3.8, 4) is 0 Å². The minimum atomic E-state index is -6.33. The first kappa shape index (κ1) is 15.7. The van der Waals surface area contributed by atoms with Crippen molar-refractivity contribution in [2.75, 3.05) is 0 Å². The van der Waals surface area contributed by atoms with E-state index in [1.165, 1.54) is 0 Å². The Morgan fingerprint density at radius 3 is 1.31 bits per heavy atom. The molecule has 1 N–H and O–H groups in total. The summed E-state index contributed by atoms with van der Waals surface area (Å²) in [5.41, 5.74) is -5.96. The second-order valence-electron chi connectivity index (χ2n) is 1.55. The van der Waals surface area contributed by atoms with Gasteiger partial charge in [-0.15, -0.1) is 4.72 Å². The minimum absolute atomic E-state index is 0. The number of nitrogens with one attached hydrogen (secondary N) is 1. The summed E-state index contributed by atoms with van der Waals surface area (Å²) in [5, 5.41) is 0. The molecule has 0 aromatic rings. The number of sulfonamides is 1. The number of rotatable bonds is 1. The summed E-state index contributed by atoms with van der Waals surface area (Å²) in [6, 6.07) is 0. The lowest BCUT2D eigenvalue weighted by Gasteiger charge is -2.10. The van der Waals surface area contributed by atoms with Gasteiger partial charge in [0.2, 0.25) is 0 Å². The molecule has 0 aliphatic rings. The molecular formula is C2H3F6MgNO2S.